The number of H-pyrrole nitrogens is 1. The Labute approximate surface area is 81.3 Å². The SMILES string of the molecule is COc1c(O)c(N)cc2[nH]cc(C)c12. The Hall–Kier alpha value is -1.84. The van der Waals surface area contributed by atoms with E-state index < -0.39 is 0 Å². The molecule has 0 aliphatic carbocycles. The van der Waals surface area contributed by atoms with Gasteiger partial charge in [-0.05, 0) is 18.6 Å². The van der Waals surface area contributed by atoms with Crippen LogP contribution < -0.4 is 10.5 Å². The third-order valence-electron chi connectivity index (χ3n) is 2.33. The van der Waals surface area contributed by atoms with E-state index in [-0.39, 0.29) is 5.75 Å². The first-order valence-corrected chi connectivity index (χ1v) is 4.28. The number of nitrogen functional groups attached to an aromatic ring is 1. The van der Waals surface area contributed by atoms with Crippen LogP contribution in [0.15, 0.2) is 12.3 Å². The topological polar surface area (TPSA) is 71.3 Å². The number of aromatic amines is 1. The number of phenols is 1. The Kier molecular flexibility index (Phi) is 1.77. The Balaban J connectivity index is 2.92. The number of phenolic OH excluding ortho intramolecular Hbond substituents is 1. The average Bonchev–Trinajstić information content (AvgIpc) is 2.50. The number of rotatable bonds is 1. The first kappa shape index (κ1) is 8.74. The van der Waals surface area contributed by atoms with Crippen molar-refractivity contribution in [3.05, 3.63) is 17.8 Å². The molecule has 0 fully saturated rings. The molecule has 0 aliphatic heterocycles. The van der Waals surface area contributed by atoms with Gasteiger partial charge in [0.2, 0.25) is 0 Å². The number of methoxy groups -OCH3 is 1. The van der Waals surface area contributed by atoms with E-state index in [1.807, 2.05) is 13.1 Å². The van der Waals surface area contributed by atoms with Crippen molar-refractivity contribution in [3.8, 4) is 11.5 Å². The van der Waals surface area contributed by atoms with Crippen molar-refractivity contribution in [2.45, 2.75) is 6.92 Å². The highest BCUT2D eigenvalue weighted by Gasteiger charge is 2.14. The third-order valence-corrected chi connectivity index (χ3v) is 2.33. The van der Waals surface area contributed by atoms with Crippen LogP contribution in [-0.2, 0) is 0 Å². The van der Waals surface area contributed by atoms with Gasteiger partial charge in [0, 0.05) is 11.6 Å². The fourth-order valence-electron chi connectivity index (χ4n) is 1.63. The molecule has 1 aromatic carbocycles. The number of hydrogen-bond donors (Lipinski definition) is 3. The highest BCUT2D eigenvalue weighted by Crippen LogP contribution is 2.40. The Morgan fingerprint density at radius 2 is 2.21 bits per heavy atom. The van der Waals surface area contributed by atoms with Gasteiger partial charge in [-0.15, -0.1) is 0 Å². The summed E-state index contributed by atoms with van der Waals surface area (Å²) in [6.07, 6.45) is 1.85. The zero-order valence-corrected chi connectivity index (χ0v) is 8.09. The monoisotopic (exact) mass is 192 g/mol. The minimum Gasteiger partial charge on any atom is -0.503 e. The van der Waals surface area contributed by atoms with E-state index >= 15 is 0 Å². The van der Waals surface area contributed by atoms with Crippen LogP contribution in [0.2, 0.25) is 0 Å². The van der Waals surface area contributed by atoms with E-state index in [1.54, 1.807) is 6.07 Å². The molecular formula is C10H12N2O2. The van der Waals surface area contributed by atoms with Crippen LogP contribution in [0.3, 0.4) is 0 Å². The number of anilines is 1. The molecule has 14 heavy (non-hydrogen) atoms. The second kappa shape index (κ2) is 2.83. The summed E-state index contributed by atoms with van der Waals surface area (Å²) in [7, 11) is 1.51. The molecule has 0 aliphatic rings. The highest BCUT2D eigenvalue weighted by molar-refractivity contribution is 5.95. The van der Waals surface area contributed by atoms with Crippen molar-refractivity contribution in [2.75, 3.05) is 12.8 Å². The lowest BCUT2D eigenvalue weighted by atomic mass is 10.1. The lowest BCUT2D eigenvalue weighted by molar-refractivity contribution is 0.379. The van der Waals surface area contributed by atoms with Crippen LogP contribution >= 0.6 is 0 Å². The van der Waals surface area contributed by atoms with Gasteiger partial charge in [-0.1, -0.05) is 0 Å². The van der Waals surface area contributed by atoms with E-state index in [2.05, 4.69) is 4.98 Å². The number of aryl methyl sites for hydroxylation is 1. The molecular weight excluding hydrogens is 180 g/mol. The second-order valence-electron chi connectivity index (χ2n) is 3.24. The van der Waals surface area contributed by atoms with E-state index in [4.69, 9.17) is 10.5 Å². The third kappa shape index (κ3) is 1.00. The van der Waals surface area contributed by atoms with Gasteiger partial charge in [0.05, 0.1) is 18.3 Å². The minimum absolute atomic E-state index is 0.00250. The molecule has 0 atom stereocenters. The van der Waals surface area contributed by atoms with Crippen LogP contribution in [0.1, 0.15) is 5.56 Å². The summed E-state index contributed by atoms with van der Waals surface area (Å²) in [6, 6.07) is 1.69. The van der Waals surface area contributed by atoms with Crippen molar-refractivity contribution in [3.63, 3.8) is 0 Å². The van der Waals surface area contributed by atoms with Crippen molar-refractivity contribution < 1.29 is 9.84 Å². The predicted molar refractivity (Wildman–Crippen MR) is 55.7 cm³/mol. The Morgan fingerprint density at radius 3 is 2.86 bits per heavy atom. The molecule has 74 valence electrons. The highest BCUT2D eigenvalue weighted by atomic mass is 16.5. The normalized spacial score (nSPS) is 10.7. The molecule has 0 bridgehead atoms. The summed E-state index contributed by atoms with van der Waals surface area (Å²) in [6.45, 7) is 1.94. The lowest BCUT2D eigenvalue weighted by Gasteiger charge is -2.07. The van der Waals surface area contributed by atoms with Crippen LogP contribution in [-0.4, -0.2) is 17.2 Å². The van der Waals surface area contributed by atoms with Crippen molar-refractivity contribution in [2.24, 2.45) is 0 Å². The maximum atomic E-state index is 9.67. The summed E-state index contributed by atoms with van der Waals surface area (Å²) in [4.78, 5) is 3.06. The van der Waals surface area contributed by atoms with Gasteiger partial charge in [0.15, 0.2) is 11.5 Å². The predicted octanol–water partition coefficient (Wildman–Crippen LogP) is 1.77. The van der Waals surface area contributed by atoms with Crippen molar-refractivity contribution >= 4 is 16.6 Å². The summed E-state index contributed by atoms with van der Waals surface area (Å²) >= 11 is 0. The zero-order valence-electron chi connectivity index (χ0n) is 8.09. The Morgan fingerprint density at radius 1 is 1.50 bits per heavy atom. The van der Waals surface area contributed by atoms with Gasteiger partial charge in [-0.3, -0.25) is 0 Å². The smallest absolute Gasteiger partial charge is 0.182 e. The summed E-state index contributed by atoms with van der Waals surface area (Å²) in [5.74, 6) is 0.432. The molecule has 0 radical (unpaired) electrons. The largest absolute Gasteiger partial charge is 0.503 e. The first-order chi connectivity index (χ1) is 6.65. The average molecular weight is 192 g/mol. The van der Waals surface area contributed by atoms with Gasteiger partial charge < -0.3 is 20.6 Å². The molecule has 1 heterocycles. The standard InChI is InChI=1S/C10H12N2O2/c1-5-4-12-7-3-6(11)9(13)10(14-2)8(5)7/h3-4,12-13H,11H2,1-2H3. The molecule has 4 N–H and O–H groups in total. The van der Waals surface area contributed by atoms with Crippen LogP contribution in [0.4, 0.5) is 5.69 Å². The molecule has 4 nitrogen and oxygen atoms in total. The van der Waals surface area contributed by atoms with Gasteiger partial charge in [0.25, 0.3) is 0 Å². The number of fused-ring (bicyclic) bond motifs is 1. The van der Waals surface area contributed by atoms with E-state index in [0.29, 0.717) is 11.4 Å². The second-order valence-corrected chi connectivity index (χ2v) is 3.24. The minimum atomic E-state index is 0.00250. The number of ether oxygens (including phenoxy) is 1. The number of nitrogens with two attached hydrogens (primary N) is 1. The number of benzene rings is 1. The Bertz CT molecular complexity index is 488. The fourth-order valence-corrected chi connectivity index (χ4v) is 1.63. The quantitative estimate of drug-likeness (QED) is 0.476. The molecule has 0 unspecified atom stereocenters. The molecule has 0 saturated heterocycles. The lowest BCUT2D eigenvalue weighted by Crippen LogP contribution is -1.91. The maximum absolute atomic E-state index is 9.67. The van der Waals surface area contributed by atoms with E-state index in [9.17, 15) is 5.11 Å². The maximum Gasteiger partial charge on any atom is 0.182 e. The fraction of sp³-hybridized carbons (Fsp3) is 0.200. The number of aromatic hydroxyl groups is 1. The van der Waals surface area contributed by atoms with E-state index in [1.165, 1.54) is 7.11 Å². The van der Waals surface area contributed by atoms with Crippen molar-refractivity contribution in [1.82, 2.24) is 4.98 Å². The van der Waals surface area contributed by atoms with Gasteiger partial charge >= 0.3 is 0 Å². The summed E-state index contributed by atoms with van der Waals surface area (Å²) in [5.41, 5.74) is 7.83. The first-order valence-electron chi connectivity index (χ1n) is 4.28. The molecule has 1 aromatic heterocycles. The summed E-state index contributed by atoms with van der Waals surface area (Å²) < 4.78 is 5.13. The van der Waals surface area contributed by atoms with Gasteiger partial charge in [-0.25, -0.2) is 0 Å². The van der Waals surface area contributed by atoms with Gasteiger partial charge in [-0.2, -0.15) is 0 Å². The van der Waals surface area contributed by atoms with Crippen molar-refractivity contribution in [1.29, 1.82) is 0 Å². The molecule has 0 saturated carbocycles. The van der Waals surface area contributed by atoms with Crippen LogP contribution in [0, 0.1) is 6.92 Å². The summed E-state index contributed by atoms with van der Waals surface area (Å²) in [5, 5.41) is 10.5. The van der Waals surface area contributed by atoms with Gasteiger partial charge in [0.1, 0.15) is 0 Å². The van der Waals surface area contributed by atoms with Crippen LogP contribution in [0.25, 0.3) is 10.9 Å². The molecule has 0 amide bonds. The zero-order chi connectivity index (χ0) is 10.3. The molecule has 2 rings (SSSR count). The number of hydrogen-bond acceptors (Lipinski definition) is 3. The molecule has 2 aromatic rings. The van der Waals surface area contributed by atoms with Crippen LogP contribution in [0.5, 0.6) is 11.5 Å². The number of nitrogens with one attached hydrogen (secondary N) is 1. The molecule has 4 heteroatoms. The van der Waals surface area contributed by atoms with E-state index in [0.717, 1.165) is 16.5 Å². The number of aromatic nitrogens is 1. The molecule has 0 spiro atoms.